The van der Waals surface area contributed by atoms with Gasteiger partial charge in [-0.3, -0.25) is 0 Å². The van der Waals surface area contributed by atoms with Gasteiger partial charge in [-0.1, -0.05) is 81.5 Å². The average molecular weight is 277 g/mol. The molecule has 0 saturated carbocycles. The smallest absolute Gasteiger partial charge is 0.0212 e. The zero-order chi connectivity index (χ0) is 14.5. The van der Waals surface area contributed by atoms with E-state index >= 15 is 0 Å². The molecule has 0 N–H and O–H groups in total. The first-order valence-electron chi connectivity index (χ1n) is 8.46. The molecule has 21 heavy (non-hydrogen) atoms. The minimum Gasteiger partial charge on any atom is -0.0654 e. The molecule has 0 aliphatic heterocycles. The Bertz CT molecular complexity index is 595. The highest BCUT2D eigenvalue weighted by Crippen LogP contribution is 2.40. The molecule has 109 valence electrons. The van der Waals surface area contributed by atoms with E-state index in [1.54, 1.807) is 0 Å². The molecule has 1 aliphatic rings. The quantitative estimate of drug-likeness (QED) is 0.453. The van der Waals surface area contributed by atoms with Gasteiger partial charge in [0.2, 0.25) is 0 Å². The number of benzene rings is 2. The van der Waals surface area contributed by atoms with Crippen LogP contribution in [-0.2, 0) is 6.42 Å². The van der Waals surface area contributed by atoms with E-state index in [1.807, 2.05) is 0 Å². The summed E-state index contributed by atoms with van der Waals surface area (Å²) in [5.74, 6) is 0. The van der Waals surface area contributed by atoms with Crippen molar-refractivity contribution in [2.45, 2.75) is 51.9 Å². The van der Waals surface area contributed by atoms with Crippen molar-refractivity contribution < 1.29 is 0 Å². The third kappa shape index (κ3) is 3.20. The van der Waals surface area contributed by atoms with Gasteiger partial charge in [-0.05, 0) is 40.7 Å². The molecular weight excluding hydrogens is 252 g/mol. The van der Waals surface area contributed by atoms with Crippen LogP contribution in [0, 0.1) is 6.42 Å². The molecule has 0 unspecified atom stereocenters. The SMILES string of the molecule is CCCCCCCCc1cccc2c1-c1ccccc1[CH]2. The number of rotatable bonds is 7. The first-order chi connectivity index (χ1) is 10.4. The van der Waals surface area contributed by atoms with Crippen LogP contribution in [0.1, 0.15) is 62.1 Å². The standard InChI is InChI=1S/C21H25/c1-2-3-4-5-6-7-11-17-13-10-14-19-16-18-12-8-9-15-20(18)21(17)19/h8-10,12-16H,2-7,11H2,1H3. The average Bonchev–Trinajstić information content (AvgIpc) is 2.90. The molecule has 0 heterocycles. The van der Waals surface area contributed by atoms with E-state index in [4.69, 9.17) is 0 Å². The van der Waals surface area contributed by atoms with Gasteiger partial charge in [-0.15, -0.1) is 0 Å². The molecule has 0 saturated heterocycles. The number of unbranched alkanes of at least 4 members (excludes halogenated alkanes) is 5. The Hall–Kier alpha value is -1.56. The summed E-state index contributed by atoms with van der Waals surface area (Å²) in [5, 5.41) is 0. The van der Waals surface area contributed by atoms with Crippen molar-refractivity contribution in [3.05, 3.63) is 65.6 Å². The molecule has 0 nitrogen and oxygen atoms in total. The van der Waals surface area contributed by atoms with Crippen LogP contribution in [0.25, 0.3) is 11.1 Å². The Labute approximate surface area is 129 Å². The fourth-order valence-electron chi connectivity index (χ4n) is 3.39. The lowest BCUT2D eigenvalue weighted by Gasteiger charge is -2.09. The zero-order valence-corrected chi connectivity index (χ0v) is 13.1. The van der Waals surface area contributed by atoms with E-state index in [0.29, 0.717) is 0 Å². The van der Waals surface area contributed by atoms with Crippen molar-refractivity contribution in [1.82, 2.24) is 0 Å². The van der Waals surface area contributed by atoms with Crippen molar-refractivity contribution in [2.75, 3.05) is 0 Å². The topological polar surface area (TPSA) is 0 Å². The highest BCUT2D eigenvalue weighted by molar-refractivity contribution is 5.83. The molecule has 0 bridgehead atoms. The third-order valence-electron chi connectivity index (χ3n) is 4.52. The highest BCUT2D eigenvalue weighted by atomic mass is 14.2. The van der Waals surface area contributed by atoms with Crippen LogP contribution >= 0.6 is 0 Å². The third-order valence-corrected chi connectivity index (χ3v) is 4.52. The summed E-state index contributed by atoms with van der Waals surface area (Å²) >= 11 is 0. The van der Waals surface area contributed by atoms with Crippen LogP contribution in [-0.4, -0.2) is 0 Å². The second kappa shape index (κ2) is 6.93. The summed E-state index contributed by atoms with van der Waals surface area (Å²) in [6.07, 6.45) is 11.8. The lowest BCUT2D eigenvalue weighted by atomic mass is 9.95. The van der Waals surface area contributed by atoms with Crippen molar-refractivity contribution in [1.29, 1.82) is 0 Å². The molecule has 0 fully saturated rings. The lowest BCUT2D eigenvalue weighted by Crippen LogP contribution is -1.91. The molecule has 0 heteroatoms. The lowest BCUT2D eigenvalue weighted by molar-refractivity contribution is 0.608. The highest BCUT2D eigenvalue weighted by Gasteiger charge is 2.20. The fourth-order valence-corrected chi connectivity index (χ4v) is 3.39. The van der Waals surface area contributed by atoms with Gasteiger partial charge in [0.05, 0.1) is 0 Å². The molecule has 1 radical (unpaired) electrons. The Morgan fingerprint density at radius 1 is 0.714 bits per heavy atom. The van der Waals surface area contributed by atoms with Crippen molar-refractivity contribution >= 4 is 0 Å². The molecule has 0 spiro atoms. The van der Waals surface area contributed by atoms with Gasteiger partial charge < -0.3 is 0 Å². The minimum atomic E-state index is 1.22. The van der Waals surface area contributed by atoms with Crippen molar-refractivity contribution in [3.63, 3.8) is 0 Å². The Balaban J connectivity index is 1.67. The van der Waals surface area contributed by atoms with Crippen LogP contribution in [0.4, 0.5) is 0 Å². The van der Waals surface area contributed by atoms with E-state index in [-0.39, 0.29) is 0 Å². The number of hydrogen-bond donors (Lipinski definition) is 0. The predicted octanol–water partition coefficient (Wildman–Crippen LogP) is 6.17. The summed E-state index contributed by atoms with van der Waals surface area (Å²) < 4.78 is 0. The van der Waals surface area contributed by atoms with E-state index in [0.717, 1.165) is 0 Å². The van der Waals surface area contributed by atoms with E-state index < -0.39 is 0 Å². The summed E-state index contributed by atoms with van der Waals surface area (Å²) in [6.45, 7) is 2.28. The molecular formula is C21H25. The molecule has 2 aromatic rings. The van der Waals surface area contributed by atoms with Crippen LogP contribution in [0.5, 0.6) is 0 Å². The van der Waals surface area contributed by atoms with E-state index in [9.17, 15) is 0 Å². The minimum absolute atomic E-state index is 1.22. The molecule has 0 amide bonds. The molecule has 1 aliphatic carbocycles. The first-order valence-corrected chi connectivity index (χ1v) is 8.46. The Morgan fingerprint density at radius 3 is 2.38 bits per heavy atom. The van der Waals surface area contributed by atoms with Gasteiger partial charge in [0.15, 0.2) is 0 Å². The Kier molecular flexibility index (Phi) is 4.75. The monoisotopic (exact) mass is 277 g/mol. The maximum absolute atomic E-state index is 2.33. The fraction of sp³-hybridized carbons (Fsp3) is 0.381. The summed E-state index contributed by atoms with van der Waals surface area (Å²) in [7, 11) is 0. The van der Waals surface area contributed by atoms with Crippen LogP contribution in [0.3, 0.4) is 0 Å². The van der Waals surface area contributed by atoms with Gasteiger partial charge in [0, 0.05) is 6.42 Å². The van der Waals surface area contributed by atoms with Crippen molar-refractivity contribution in [3.8, 4) is 11.1 Å². The first kappa shape index (κ1) is 14.4. The summed E-state index contributed by atoms with van der Waals surface area (Å²) in [4.78, 5) is 0. The van der Waals surface area contributed by atoms with Crippen LogP contribution in [0.15, 0.2) is 42.5 Å². The molecule has 3 rings (SSSR count). The van der Waals surface area contributed by atoms with E-state index in [1.165, 1.54) is 72.8 Å². The largest absolute Gasteiger partial charge is 0.0654 e. The maximum Gasteiger partial charge on any atom is 0.0212 e. The van der Waals surface area contributed by atoms with Crippen LogP contribution in [0.2, 0.25) is 0 Å². The van der Waals surface area contributed by atoms with Gasteiger partial charge in [-0.25, -0.2) is 0 Å². The van der Waals surface area contributed by atoms with E-state index in [2.05, 4.69) is 55.8 Å². The van der Waals surface area contributed by atoms with Gasteiger partial charge in [0.25, 0.3) is 0 Å². The maximum atomic E-state index is 2.33. The number of hydrogen-bond acceptors (Lipinski definition) is 0. The number of aryl methyl sites for hydroxylation is 1. The summed E-state index contributed by atoms with van der Waals surface area (Å²) in [6, 6.07) is 15.6. The van der Waals surface area contributed by atoms with Gasteiger partial charge >= 0.3 is 0 Å². The second-order valence-corrected chi connectivity index (χ2v) is 6.13. The van der Waals surface area contributed by atoms with Crippen molar-refractivity contribution in [2.24, 2.45) is 0 Å². The summed E-state index contributed by atoms with van der Waals surface area (Å²) in [5.41, 5.74) is 7.22. The normalized spacial score (nSPS) is 12.2. The second-order valence-electron chi connectivity index (χ2n) is 6.13. The van der Waals surface area contributed by atoms with Crippen LogP contribution < -0.4 is 0 Å². The number of fused-ring (bicyclic) bond motifs is 3. The zero-order valence-electron chi connectivity index (χ0n) is 13.1. The molecule has 0 aromatic heterocycles. The Morgan fingerprint density at radius 2 is 1.48 bits per heavy atom. The molecule has 0 atom stereocenters. The molecule has 2 aromatic carbocycles. The predicted molar refractivity (Wildman–Crippen MR) is 91.5 cm³/mol. The van der Waals surface area contributed by atoms with Gasteiger partial charge in [0.1, 0.15) is 0 Å². The van der Waals surface area contributed by atoms with Gasteiger partial charge in [-0.2, -0.15) is 0 Å².